The SMILES string of the molecule is Cc1nnc2sc(C(C)N3CCNCC3)nn12. The molecule has 92 valence electrons. The molecule has 17 heavy (non-hydrogen) atoms. The van der Waals surface area contributed by atoms with E-state index < -0.39 is 0 Å². The standard InChI is InChI=1S/C10H16N6S/c1-7(15-5-3-11-4-6-15)9-14-16-8(2)12-13-10(16)17-9/h7,11H,3-6H2,1-2H3. The van der Waals surface area contributed by atoms with Gasteiger partial charge in [-0.15, -0.1) is 10.2 Å². The Bertz CT molecular complexity index is 512. The molecule has 0 amide bonds. The van der Waals surface area contributed by atoms with Crippen LogP contribution < -0.4 is 5.32 Å². The Morgan fingerprint density at radius 1 is 1.29 bits per heavy atom. The largest absolute Gasteiger partial charge is 0.314 e. The van der Waals surface area contributed by atoms with Crippen LogP contribution in [-0.4, -0.2) is 50.9 Å². The first-order valence-electron chi connectivity index (χ1n) is 5.89. The Morgan fingerprint density at radius 2 is 2.06 bits per heavy atom. The highest BCUT2D eigenvalue weighted by molar-refractivity contribution is 7.16. The molecule has 0 bridgehead atoms. The van der Waals surface area contributed by atoms with E-state index in [4.69, 9.17) is 0 Å². The second-order valence-electron chi connectivity index (χ2n) is 4.34. The van der Waals surface area contributed by atoms with Gasteiger partial charge in [0.2, 0.25) is 4.96 Å². The summed E-state index contributed by atoms with van der Waals surface area (Å²) in [5.41, 5.74) is 0. The van der Waals surface area contributed by atoms with Crippen LogP contribution in [0.1, 0.15) is 23.8 Å². The van der Waals surface area contributed by atoms with Crippen LogP contribution in [0, 0.1) is 6.92 Å². The zero-order chi connectivity index (χ0) is 11.8. The lowest BCUT2D eigenvalue weighted by Crippen LogP contribution is -2.44. The van der Waals surface area contributed by atoms with E-state index in [0.717, 1.165) is 42.0 Å². The molecule has 2 aromatic heterocycles. The molecular weight excluding hydrogens is 236 g/mol. The Kier molecular flexibility index (Phi) is 2.81. The Labute approximate surface area is 104 Å². The number of aromatic nitrogens is 4. The highest BCUT2D eigenvalue weighted by Crippen LogP contribution is 2.25. The number of rotatable bonds is 2. The predicted octanol–water partition coefficient (Wildman–Crippen LogP) is 0.460. The van der Waals surface area contributed by atoms with Crippen molar-refractivity contribution in [1.29, 1.82) is 0 Å². The zero-order valence-corrected chi connectivity index (χ0v) is 10.9. The van der Waals surface area contributed by atoms with Gasteiger partial charge in [0.05, 0.1) is 6.04 Å². The molecule has 1 saturated heterocycles. The van der Waals surface area contributed by atoms with Crippen LogP contribution in [0.4, 0.5) is 0 Å². The average Bonchev–Trinajstić information content (AvgIpc) is 2.92. The van der Waals surface area contributed by atoms with Gasteiger partial charge < -0.3 is 5.32 Å². The van der Waals surface area contributed by atoms with Crippen molar-refractivity contribution < 1.29 is 0 Å². The molecule has 0 spiro atoms. The molecule has 1 fully saturated rings. The molecule has 1 unspecified atom stereocenters. The van der Waals surface area contributed by atoms with E-state index in [9.17, 15) is 0 Å². The van der Waals surface area contributed by atoms with Crippen molar-refractivity contribution in [2.75, 3.05) is 26.2 Å². The van der Waals surface area contributed by atoms with E-state index in [2.05, 4.69) is 32.4 Å². The van der Waals surface area contributed by atoms with Gasteiger partial charge >= 0.3 is 0 Å². The lowest BCUT2D eigenvalue weighted by Gasteiger charge is -2.31. The molecule has 0 radical (unpaired) electrons. The summed E-state index contributed by atoms with van der Waals surface area (Å²) < 4.78 is 1.83. The first-order chi connectivity index (χ1) is 8.25. The van der Waals surface area contributed by atoms with Crippen LogP contribution in [0.3, 0.4) is 0 Å². The number of nitrogens with zero attached hydrogens (tertiary/aromatic N) is 5. The van der Waals surface area contributed by atoms with E-state index >= 15 is 0 Å². The number of hydrogen-bond acceptors (Lipinski definition) is 6. The van der Waals surface area contributed by atoms with Crippen molar-refractivity contribution >= 4 is 16.3 Å². The quantitative estimate of drug-likeness (QED) is 0.841. The number of fused-ring (bicyclic) bond motifs is 1. The maximum absolute atomic E-state index is 4.60. The van der Waals surface area contributed by atoms with Gasteiger partial charge in [0.25, 0.3) is 0 Å². The summed E-state index contributed by atoms with van der Waals surface area (Å²) >= 11 is 1.64. The van der Waals surface area contributed by atoms with Gasteiger partial charge in [-0.3, -0.25) is 4.90 Å². The van der Waals surface area contributed by atoms with Crippen LogP contribution in [0.2, 0.25) is 0 Å². The smallest absolute Gasteiger partial charge is 0.234 e. The highest BCUT2D eigenvalue weighted by Gasteiger charge is 2.22. The average molecular weight is 252 g/mol. The van der Waals surface area contributed by atoms with Gasteiger partial charge in [-0.25, -0.2) is 0 Å². The fourth-order valence-corrected chi connectivity index (χ4v) is 3.09. The van der Waals surface area contributed by atoms with Crippen molar-refractivity contribution in [2.24, 2.45) is 0 Å². The third-order valence-corrected chi connectivity index (χ3v) is 4.29. The first-order valence-corrected chi connectivity index (χ1v) is 6.71. The Morgan fingerprint density at radius 3 is 2.76 bits per heavy atom. The molecule has 1 aliphatic rings. The van der Waals surface area contributed by atoms with Gasteiger partial charge in [-0.05, 0) is 13.8 Å². The molecule has 7 heteroatoms. The molecule has 0 aliphatic carbocycles. The maximum atomic E-state index is 4.60. The molecule has 0 saturated carbocycles. The van der Waals surface area contributed by atoms with Crippen molar-refractivity contribution in [3.05, 3.63) is 10.8 Å². The molecule has 2 aromatic rings. The number of aryl methyl sites for hydroxylation is 1. The molecule has 1 aliphatic heterocycles. The van der Waals surface area contributed by atoms with Gasteiger partial charge in [0, 0.05) is 26.2 Å². The topological polar surface area (TPSA) is 58.4 Å². The summed E-state index contributed by atoms with van der Waals surface area (Å²) in [6.45, 7) is 8.44. The number of nitrogens with one attached hydrogen (secondary N) is 1. The second-order valence-corrected chi connectivity index (χ2v) is 5.33. The summed E-state index contributed by atoms with van der Waals surface area (Å²) in [6.07, 6.45) is 0. The molecule has 3 rings (SSSR count). The third kappa shape index (κ3) is 1.94. The van der Waals surface area contributed by atoms with Gasteiger partial charge in [-0.1, -0.05) is 11.3 Å². The first kappa shape index (κ1) is 11.1. The van der Waals surface area contributed by atoms with Gasteiger partial charge in [0.15, 0.2) is 5.82 Å². The molecule has 3 heterocycles. The summed E-state index contributed by atoms with van der Waals surface area (Å²) in [7, 11) is 0. The fraction of sp³-hybridized carbons (Fsp3) is 0.700. The van der Waals surface area contributed by atoms with Crippen LogP contribution in [0.15, 0.2) is 0 Å². The zero-order valence-electron chi connectivity index (χ0n) is 10.1. The number of hydrogen-bond donors (Lipinski definition) is 1. The molecular formula is C10H16N6S. The minimum Gasteiger partial charge on any atom is -0.314 e. The summed E-state index contributed by atoms with van der Waals surface area (Å²) in [4.78, 5) is 3.34. The minimum absolute atomic E-state index is 0.364. The lowest BCUT2D eigenvalue weighted by atomic mass is 10.2. The monoisotopic (exact) mass is 252 g/mol. The molecule has 1 N–H and O–H groups in total. The normalized spacial score (nSPS) is 19.9. The third-order valence-electron chi connectivity index (χ3n) is 3.22. The lowest BCUT2D eigenvalue weighted by molar-refractivity contribution is 0.184. The summed E-state index contributed by atoms with van der Waals surface area (Å²) in [5, 5.41) is 17.2. The van der Waals surface area contributed by atoms with Crippen LogP contribution in [-0.2, 0) is 0 Å². The number of piperazine rings is 1. The van der Waals surface area contributed by atoms with Gasteiger partial charge in [-0.2, -0.15) is 9.61 Å². The van der Waals surface area contributed by atoms with Crippen molar-refractivity contribution in [1.82, 2.24) is 30.0 Å². The van der Waals surface area contributed by atoms with Crippen molar-refractivity contribution in [3.63, 3.8) is 0 Å². The van der Waals surface area contributed by atoms with Gasteiger partial charge in [0.1, 0.15) is 5.01 Å². The van der Waals surface area contributed by atoms with Crippen molar-refractivity contribution in [3.8, 4) is 0 Å². The maximum Gasteiger partial charge on any atom is 0.234 e. The Balaban J connectivity index is 1.86. The summed E-state index contributed by atoms with van der Waals surface area (Å²) in [5.74, 6) is 0.856. The van der Waals surface area contributed by atoms with E-state index in [0.29, 0.717) is 6.04 Å². The van der Waals surface area contributed by atoms with Crippen LogP contribution in [0.25, 0.3) is 4.96 Å². The van der Waals surface area contributed by atoms with E-state index in [1.807, 2.05) is 11.4 Å². The minimum atomic E-state index is 0.364. The van der Waals surface area contributed by atoms with E-state index in [-0.39, 0.29) is 0 Å². The van der Waals surface area contributed by atoms with Crippen LogP contribution in [0.5, 0.6) is 0 Å². The van der Waals surface area contributed by atoms with Crippen molar-refractivity contribution in [2.45, 2.75) is 19.9 Å². The molecule has 0 aromatic carbocycles. The Hall–Kier alpha value is -1.05. The highest BCUT2D eigenvalue weighted by atomic mass is 32.1. The molecule has 1 atom stereocenters. The summed E-state index contributed by atoms with van der Waals surface area (Å²) in [6, 6.07) is 0.364. The predicted molar refractivity (Wildman–Crippen MR) is 66.3 cm³/mol. The van der Waals surface area contributed by atoms with Crippen LogP contribution >= 0.6 is 11.3 Å². The fourth-order valence-electron chi connectivity index (χ4n) is 2.12. The second kappa shape index (κ2) is 4.32. The van der Waals surface area contributed by atoms with E-state index in [1.54, 1.807) is 11.3 Å². The molecule has 6 nitrogen and oxygen atoms in total. The van der Waals surface area contributed by atoms with E-state index in [1.165, 1.54) is 0 Å².